The minimum absolute atomic E-state index is 0.289. The molecular formula is C13H10O3. The molecule has 2 rings (SSSR count). The summed E-state index contributed by atoms with van der Waals surface area (Å²) in [7, 11) is 0. The normalized spacial score (nSPS) is 9.75. The summed E-state index contributed by atoms with van der Waals surface area (Å²) in [6, 6.07) is 14.9. The molecule has 0 bridgehead atoms. The van der Waals surface area contributed by atoms with Gasteiger partial charge in [-0.25, -0.2) is 0 Å². The van der Waals surface area contributed by atoms with E-state index in [0.717, 1.165) is 0 Å². The summed E-state index contributed by atoms with van der Waals surface area (Å²) in [5.74, 6) is 0.756. The average molecular weight is 214 g/mol. The Kier molecular flexibility index (Phi) is 2.87. The van der Waals surface area contributed by atoms with Crippen molar-refractivity contribution in [3.63, 3.8) is 0 Å². The van der Waals surface area contributed by atoms with E-state index in [4.69, 9.17) is 4.74 Å². The predicted molar refractivity (Wildman–Crippen MR) is 60.9 cm³/mol. The van der Waals surface area contributed by atoms with Gasteiger partial charge in [-0.1, -0.05) is 24.3 Å². The van der Waals surface area contributed by atoms with E-state index >= 15 is 0 Å². The molecule has 80 valence electrons. The minimum atomic E-state index is -0.462. The van der Waals surface area contributed by atoms with Gasteiger partial charge < -0.3 is 9.84 Å². The molecule has 2 aromatic carbocycles. The van der Waals surface area contributed by atoms with Gasteiger partial charge in [-0.15, -0.1) is 0 Å². The fraction of sp³-hybridized carbons (Fsp3) is 0. The van der Waals surface area contributed by atoms with E-state index in [2.05, 4.69) is 0 Å². The number of aromatic hydroxyl groups is 1. The molecule has 3 nitrogen and oxygen atoms in total. The largest absolute Gasteiger partial charge is 0.504 e. The number of rotatable bonds is 2. The molecule has 0 unspecified atom stereocenters. The van der Waals surface area contributed by atoms with E-state index in [-0.39, 0.29) is 5.75 Å². The molecule has 1 N–H and O–H groups in total. The standard InChI is InChI=1S/C13H10O3/c14-12-8-4-7-11(9-13(12)15)16-10-5-2-1-3-6-10/h1-9H,(H,14,15). The SMILES string of the molecule is O=c1cc(Oc2ccccc2)cccc1O. The topological polar surface area (TPSA) is 46.5 Å². The minimum Gasteiger partial charge on any atom is -0.504 e. The molecule has 0 aliphatic carbocycles. The molecule has 0 saturated heterocycles. The van der Waals surface area contributed by atoms with Crippen LogP contribution in [0.5, 0.6) is 17.2 Å². The van der Waals surface area contributed by atoms with E-state index in [1.54, 1.807) is 24.3 Å². The van der Waals surface area contributed by atoms with E-state index in [1.165, 1.54) is 12.1 Å². The highest BCUT2D eigenvalue weighted by Crippen LogP contribution is 2.19. The number of hydrogen-bond acceptors (Lipinski definition) is 3. The zero-order chi connectivity index (χ0) is 11.4. The van der Waals surface area contributed by atoms with Crippen molar-refractivity contribution in [3.8, 4) is 17.2 Å². The third kappa shape index (κ3) is 2.39. The number of benzene rings is 1. The highest BCUT2D eigenvalue weighted by atomic mass is 16.5. The van der Waals surface area contributed by atoms with Crippen molar-refractivity contribution in [3.05, 3.63) is 64.8 Å². The van der Waals surface area contributed by atoms with Crippen LogP contribution in [0.25, 0.3) is 0 Å². The van der Waals surface area contributed by atoms with Crippen LogP contribution in [0.4, 0.5) is 0 Å². The summed E-state index contributed by atoms with van der Waals surface area (Å²) in [4.78, 5) is 11.3. The first-order valence-electron chi connectivity index (χ1n) is 4.82. The number of ether oxygens (including phenoxy) is 1. The summed E-state index contributed by atoms with van der Waals surface area (Å²) < 4.78 is 5.46. The fourth-order valence-corrected chi connectivity index (χ4v) is 1.26. The van der Waals surface area contributed by atoms with Crippen molar-refractivity contribution in [1.29, 1.82) is 0 Å². The van der Waals surface area contributed by atoms with Crippen LogP contribution in [-0.4, -0.2) is 5.11 Å². The molecular weight excluding hydrogens is 204 g/mol. The molecule has 0 saturated carbocycles. The van der Waals surface area contributed by atoms with Crippen molar-refractivity contribution in [2.24, 2.45) is 0 Å². The van der Waals surface area contributed by atoms with Gasteiger partial charge >= 0.3 is 0 Å². The van der Waals surface area contributed by atoms with E-state index in [9.17, 15) is 9.90 Å². The molecule has 0 atom stereocenters. The highest BCUT2D eigenvalue weighted by molar-refractivity contribution is 5.32. The van der Waals surface area contributed by atoms with Crippen molar-refractivity contribution in [2.45, 2.75) is 0 Å². The maximum atomic E-state index is 11.3. The molecule has 0 radical (unpaired) electrons. The van der Waals surface area contributed by atoms with Gasteiger partial charge in [0.15, 0.2) is 5.75 Å². The Labute approximate surface area is 92.6 Å². The summed E-state index contributed by atoms with van der Waals surface area (Å²) in [5.41, 5.74) is -0.462. The van der Waals surface area contributed by atoms with Crippen LogP contribution in [0.2, 0.25) is 0 Å². The number of hydrogen-bond donors (Lipinski definition) is 1. The Balaban J connectivity index is 2.34. The number of para-hydroxylation sites is 1. The van der Waals surface area contributed by atoms with Gasteiger partial charge in [-0.2, -0.15) is 0 Å². The second kappa shape index (κ2) is 4.49. The third-order valence-electron chi connectivity index (χ3n) is 2.02. The lowest BCUT2D eigenvalue weighted by Gasteiger charge is -2.02. The molecule has 0 heterocycles. The molecule has 0 aliphatic heterocycles. The van der Waals surface area contributed by atoms with E-state index in [0.29, 0.717) is 11.5 Å². The zero-order valence-electron chi connectivity index (χ0n) is 8.46. The fourth-order valence-electron chi connectivity index (χ4n) is 1.26. The van der Waals surface area contributed by atoms with Crippen LogP contribution in [0, 0.1) is 0 Å². The van der Waals surface area contributed by atoms with Crippen LogP contribution < -0.4 is 10.2 Å². The molecule has 0 amide bonds. The van der Waals surface area contributed by atoms with Crippen LogP contribution in [0.1, 0.15) is 0 Å². The van der Waals surface area contributed by atoms with Crippen LogP contribution in [0.3, 0.4) is 0 Å². The lowest BCUT2D eigenvalue weighted by Crippen LogP contribution is -1.94. The van der Waals surface area contributed by atoms with E-state index < -0.39 is 5.43 Å². The Hall–Kier alpha value is -2.29. The second-order valence-electron chi connectivity index (χ2n) is 3.24. The third-order valence-corrected chi connectivity index (χ3v) is 2.02. The Morgan fingerprint density at radius 3 is 2.31 bits per heavy atom. The molecule has 0 aliphatic rings. The van der Waals surface area contributed by atoms with Gasteiger partial charge in [0, 0.05) is 6.07 Å². The molecule has 2 aromatic rings. The first-order valence-corrected chi connectivity index (χ1v) is 4.82. The quantitative estimate of drug-likeness (QED) is 0.835. The van der Waals surface area contributed by atoms with Crippen LogP contribution in [0.15, 0.2) is 59.4 Å². The van der Waals surface area contributed by atoms with Crippen molar-refractivity contribution < 1.29 is 9.84 Å². The average Bonchev–Trinajstić information content (AvgIpc) is 2.43. The zero-order valence-corrected chi connectivity index (χ0v) is 8.46. The predicted octanol–water partition coefficient (Wildman–Crippen LogP) is 2.54. The van der Waals surface area contributed by atoms with Crippen molar-refractivity contribution in [1.82, 2.24) is 0 Å². The summed E-state index contributed by atoms with van der Waals surface area (Å²) in [6.45, 7) is 0. The van der Waals surface area contributed by atoms with Gasteiger partial charge in [0.05, 0.1) is 0 Å². The molecule has 0 fully saturated rings. The van der Waals surface area contributed by atoms with Crippen molar-refractivity contribution in [2.75, 3.05) is 0 Å². The monoisotopic (exact) mass is 214 g/mol. The maximum Gasteiger partial charge on any atom is 0.223 e. The smallest absolute Gasteiger partial charge is 0.223 e. The Morgan fingerprint density at radius 1 is 0.875 bits per heavy atom. The molecule has 3 heteroatoms. The lowest BCUT2D eigenvalue weighted by atomic mass is 10.3. The Morgan fingerprint density at radius 2 is 1.56 bits per heavy atom. The molecule has 0 spiro atoms. The van der Waals surface area contributed by atoms with Crippen LogP contribution in [-0.2, 0) is 0 Å². The van der Waals surface area contributed by atoms with Gasteiger partial charge in [0.1, 0.15) is 11.5 Å². The first kappa shape index (κ1) is 10.2. The van der Waals surface area contributed by atoms with Crippen LogP contribution >= 0.6 is 0 Å². The second-order valence-corrected chi connectivity index (χ2v) is 3.24. The first-order chi connectivity index (χ1) is 7.75. The summed E-state index contributed by atoms with van der Waals surface area (Å²) in [6.07, 6.45) is 0. The van der Waals surface area contributed by atoms with Gasteiger partial charge in [0.25, 0.3) is 0 Å². The highest BCUT2D eigenvalue weighted by Gasteiger charge is 1.98. The Bertz CT molecular complexity index is 535. The summed E-state index contributed by atoms with van der Waals surface area (Å²) in [5, 5.41) is 9.20. The van der Waals surface area contributed by atoms with Gasteiger partial charge in [-0.05, 0) is 24.3 Å². The molecule has 16 heavy (non-hydrogen) atoms. The van der Waals surface area contributed by atoms with E-state index in [1.807, 2.05) is 18.2 Å². The maximum absolute atomic E-state index is 11.3. The lowest BCUT2D eigenvalue weighted by molar-refractivity contribution is 0.468. The van der Waals surface area contributed by atoms with Gasteiger partial charge in [0.2, 0.25) is 5.43 Å². The summed E-state index contributed by atoms with van der Waals surface area (Å²) >= 11 is 0. The molecule has 0 aromatic heterocycles. The van der Waals surface area contributed by atoms with Crippen molar-refractivity contribution >= 4 is 0 Å². The van der Waals surface area contributed by atoms with Gasteiger partial charge in [-0.3, -0.25) is 4.79 Å².